The topological polar surface area (TPSA) is 77.9 Å². The molecule has 1 saturated carbocycles. The van der Waals surface area contributed by atoms with Crippen LogP contribution in [0.2, 0.25) is 0 Å². The molecule has 0 bridgehead atoms. The molecule has 0 aromatic rings. The van der Waals surface area contributed by atoms with Gasteiger partial charge in [0.05, 0.1) is 0 Å². The van der Waals surface area contributed by atoms with Gasteiger partial charge in [0, 0.05) is 24.4 Å². The lowest BCUT2D eigenvalue weighted by Gasteiger charge is -2.02. The van der Waals surface area contributed by atoms with Crippen molar-refractivity contribution < 1.29 is 4.79 Å². The Balaban J connectivity index is 1.85. The van der Waals surface area contributed by atoms with E-state index in [9.17, 15) is 4.79 Å². The summed E-state index contributed by atoms with van der Waals surface area (Å²) in [6.07, 6.45) is 28.5. The van der Waals surface area contributed by atoms with Crippen LogP contribution in [0.1, 0.15) is 70.6 Å². The summed E-state index contributed by atoms with van der Waals surface area (Å²) in [4.78, 5) is 14.3. The van der Waals surface area contributed by atoms with Crippen LogP contribution in [0.15, 0.2) is 53.7 Å². The minimum atomic E-state index is 0.201. The van der Waals surface area contributed by atoms with Crippen LogP contribution in [-0.2, 0) is 4.79 Å². The highest BCUT2D eigenvalue weighted by Crippen LogP contribution is 2.27. The number of nitrogens with zero attached hydrogens (tertiary/aromatic N) is 3. The van der Waals surface area contributed by atoms with Gasteiger partial charge >= 0.3 is 0 Å². The summed E-state index contributed by atoms with van der Waals surface area (Å²) in [6, 6.07) is 0. The first-order chi connectivity index (χ1) is 13.8. The zero-order chi connectivity index (χ0) is 20.1. The van der Waals surface area contributed by atoms with Crippen molar-refractivity contribution in [2.24, 2.45) is 11.0 Å². The van der Waals surface area contributed by atoms with Gasteiger partial charge in [-0.25, -0.2) is 0 Å². The predicted molar refractivity (Wildman–Crippen MR) is 118 cm³/mol. The van der Waals surface area contributed by atoms with E-state index in [1.807, 2.05) is 0 Å². The molecule has 0 atom stereocenters. The van der Waals surface area contributed by atoms with Crippen molar-refractivity contribution in [3.8, 4) is 0 Å². The van der Waals surface area contributed by atoms with Crippen LogP contribution in [-0.4, -0.2) is 19.0 Å². The van der Waals surface area contributed by atoms with E-state index in [1.165, 1.54) is 12.8 Å². The zero-order valence-corrected chi connectivity index (χ0v) is 17.1. The summed E-state index contributed by atoms with van der Waals surface area (Å²) in [5, 5.41) is 6.52. The number of hydrogen-bond acceptors (Lipinski definition) is 2. The summed E-state index contributed by atoms with van der Waals surface area (Å²) >= 11 is 0. The molecule has 0 spiro atoms. The Morgan fingerprint density at radius 3 is 2.04 bits per heavy atom. The SMILES string of the molecule is [N-]=[N+]=NCCCC/C=C\C/C=C\C/C=C\C/C=C\CCCC(=O)NCC1CC1. The molecule has 1 rings (SSSR count). The molecule has 1 fully saturated rings. The van der Waals surface area contributed by atoms with E-state index >= 15 is 0 Å². The fraction of sp³-hybridized carbons (Fsp3) is 0.609. The van der Waals surface area contributed by atoms with Crippen LogP contribution < -0.4 is 5.32 Å². The maximum atomic E-state index is 11.6. The largest absolute Gasteiger partial charge is 0.356 e. The second-order valence-electron chi connectivity index (χ2n) is 7.18. The molecule has 0 aliphatic heterocycles. The van der Waals surface area contributed by atoms with Crippen molar-refractivity contribution in [1.82, 2.24) is 5.32 Å². The van der Waals surface area contributed by atoms with Gasteiger partial charge in [0.1, 0.15) is 0 Å². The lowest BCUT2D eigenvalue weighted by atomic mass is 10.2. The molecule has 0 radical (unpaired) electrons. The number of carbonyl (C=O) groups excluding carboxylic acids is 1. The van der Waals surface area contributed by atoms with Crippen LogP contribution >= 0.6 is 0 Å². The summed E-state index contributed by atoms with van der Waals surface area (Å²) in [5.41, 5.74) is 8.16. The quantitative estimate of drug-likeness (QED) is 0.0995. The molecule has 1 amide bonds. The van der Waals surface area contributed by atoms with Gasteiger partial charge in [-0.1, -0.05) is 53.7 Å². The number of allylic oxidation sites excluding steroid dienone is 8. The zero-order valence-electron chi connectivity index (χ0n) is 17.1. The predicted octanol–water partition coefficient (Wildman–Crippen LogP) is 6.56. The van der Waals surface area contributed by atoms with Crippen LogP contribution in [0.4, 0.5) is 0 Å². The fourth-order valence-electron chi connectivity index (χ4n) is 2.59. The highest BCUT2D eigenvalue weighted by atomic mass is 16.1. The number of azide groups is 1. The smallest absolute Gasteiger partial charge is 0.220 e. The number of hydrogen-bond donors (Lipinski definition) is 1. The van der Waals surface area contributed by atoms with Crippen LogP contribution in [0, 0.1) is 5.92 Å². The van der Waals surface area contributed by atoms with Gasteiger partial charge in [-0.2, -0.15) is 0 Å². The molecule has 1 aliphatic carbocycles. The molecule has 0 heterocycles. The Labute approximate surface area is 170 Å². The van der Waals surface area contributed by atoms with Crippen LogP contribution in [0.5, 0.6) is 0 Å². The maximum Gasteiger partial charge on any atom is 0.220 e. The molecule has 0 saturated heterocycles. The van der Waals surface area contributed by atoms with E-state index in [-0.39, 0.29) is 5.91 Å². The minimum Gasteiger partial charge on any atom is -0.356 e. The van der Waals surface area contributed by atoms with E-state index in [0.29, 0.717) is 13.0 Å². The monoisotopic (exact) mass is 384 g/mol. The van der Waals surface area contributed by atoms with E-state index < -0.39 is 0 Å². The number of unbranched alkanes of at least 4 members (excludes halogenated alkanes) is 3. The molecule has 28 heavy (non-hydrogen) atoms. The Morgan fingerprint density at radius 2 is 1.46 bits per heavy atom. The van der Waals surface area contributed by atoms with E-state index in [4.69, 9.17) is 5.53 Å². The van der Waals surface area contributed by atoms with Gasteiger partial charge < -0.3 is 5.32 Å². The minimum absolute atomic E-state index is 0.201. The third-order valence-corrected chi connectivity index (χ3v) is 4.48. The van der Waals surface area contributed by atoms with Gasteiger partial charge in [-0.3, -0.25) is 4.79 Å². The van der Waals surface area contributed by atoms with Gasteiger partial charge in [0.25, 0.3) is 0 Å². The lowest BCUT2D eigenvalue weighted by molar-refractivity contribution is -0.121. The number of rotatable bonds is 17. The summed E-state index contributed by atoms with van der Waals surface area (Å²) < 4.78 is 0. The first-order valence-electron chi connectivity index (χ1n) is 10.7. The Morgan fingerprint density at radius 1 is 0.893 bits per heavy atom. The molecule has 0 aromatic carbocycles. The van der Waals surface area contributed by atoms with Gasteiger partial charge in [0.2, 0.25) is 5.91 Å². The Kier molecular flexibility index (Phi) is 15.4. The molecule has 5 nitrogen and oxygen atoms in total. The highest BCUT2D eigenvalue weighted by Gasteiger charge is 2.21. The van der Waals surface area contributed by atoms with Gasteiger partial charge in [0.15, 0.2) is 0 Å². The van der Waals surface area contributed by atoms with Crippen molar-refractivity contribution >= 4 is 5.91 Å². The molecule has 5 heteroatoms. The standard InChI is InChI=1S/C23H36N4O/c24-27-26-20-16-14-12-10-8-6-4-2-1-3-5-7-9-11-13-15-17-23(28)25-21-22-18-19-22/h2-5,8-11,22H,1,6-7,12-21H2,(H,25,28)/b4-2-,5-3-,10-8-,11-9-. The average molecular weight is 385 g/mol. The van der Waals surface area contributed by atoms with Crippen LogP contribution in [0.25, 0.3) is 10.4 Å². The number of nitrogens with one attached hydrogen (secondary N) is 1. The van der Waals surface area contributed by atoms with Crippen LogP contribution in [0.3, 0.4) is 0 Å². The second kappa shape index (κ2) is 18.1. The first kappa shape index (κ1) is 23.8. The molecule has 154 valence electrons. The molecule has 1 aliphatic rings. The summed E-state index contributed by atoms with van der Waals surface area (Å²) in [5.74, 6) is 0.960. The summed E-state index contributed by atoms with van der Waals surface area (Å²) in [6.45, 7) is 1.48. The lowest BCUT2D eigenvalue weighted by Crippen LogP contribution is -2.24. The molecule has 0 aromatic heterocycles. The Hall–Kier alpha value is -2.26. The van der Waals surface area contributed by atoms with E-state index in [1.54, 1.807) is 0 Å². The van der Waals surface area contributed by atoms with E-state index in [0.717, 1.165) is 63.8 Å². The van der Waals surface area contributed by atoms with Crippen molar-refractivity contribution in [2.75, 3.05) is 13.1 Å². The highest BCUT2D eigenvalue weighted by molar-refractivity contribution is 5.75. The molecular weight excluding hydrogens is 348 g/mol. The molecule has 0 unspecified atom stereocenters. The Bertz CT molecular complexity index is 567. The molecule has 1 N–H and O–H groups in total. The average Bonchev–Trinajstić information content (AvgIpc) is 3.52. The van der Waals surface area contributed by atoms with Gasteiger partial charge in [-0.05, 0) is 75.7 Å². The van der Waals surface area contributed by atoms with Crippen molar-refractivity contribution in [2.45, 2.75) is 70.6 Å². The van der Waals surface area contributed by atoms with E-state index in [2.05, 4.69) is 64.0 Å². The number of amides is 1. The maximum absolute atomic E-state index is 11.6. The van der Waals surface area contributed by atoms with Gasteiger partial charge in [-0.15, -0.1) is 0 Å². The fourth-order valence-corrected chi connectivity index (χ4v) is 2.59. The third-order valence-electron chi connectivity index (χ3n) is 4.48. The third kappa shape index (κ3) is 17.2. The summed E-state index contributed by atoms with van der Waals surface area (Å²) in [7, 11) is 0. The van der Waals surface area contributed by atoms with Crippen molar-refractivity contribution in [1.29, 1.82) is 0 Å². The first-order valence-corrected chi connectivity index (χ1v) is 10.7. The van der Waals surface area contributed by atoms with Crippen molar-refractivity contribution in [3.05, 3.63) is 59.1 Å². The van der Waals surface area contributed by atoms with Crippen molar-refractivity contribution in [3.63, 3.8) is 0 Å². The second-order valence-corrected chi connectivity index (χ2v) is 7.18. The normalized spacial score (nSPS) is 14.4. The number of carbonyl (C=O) groups is 1. The molecular formula is C23H36N4O.